The maximum Gasteiger partial charge on any atom is 0.304 e. The first-order valence-electron chi connectivity index (χ1n) is 11.9. The smallest absolute Gasteiger partial charge is 0.304 e. The van der Waals surface area contributed by atoms with Crippen molar-refractivity contribution in [1.82, 2.24) is 24.7 Å². The first-order valence-corrected chi connectivity index (χ1v) is 12.8. The van der Waals surface area contributed by atoms with Crippen molar-refractivity contribution in [2.45, 2.75) is 12.8 Å². The van der Waals surface area contributed by atoms with E-state index in [9.17, 15) is 14.7 Å². The Morgan fingerprint density at radius 2 is 1.68 bits per heavy atom. The highest BCUT2D eigenvalue weighted by Crippen LogP contribution is 2.35. The van der Waals surface area contributed by atoms with Crippen molar-refractivity contribution in [2.75, 3.05) is 11.9 Å². The standard InChI is InChI=1S/C28H24N6O3S/c1-33(27(37)21(14-26(35)36)13-19-7-3-2-4-8-19)28-32-24(16-38-28)23-10-6-5-9-22(23)20-11-12-25(29-15-20)34-17-30-31-18-34/h2-12,15-18,21H,13-14H2,1H3,(H,35,36). The zero-order valence-corrected chi connectivity index (χ0v) is 21.3. The highest BCUT2D eigenvalue weighted by Gasteiger charge is 2.27. The second-order valence-electron chi connectivity index (χ2n) is 8.72. The molecule has 2 aromatic carbocycles. The highest BCUT2D eigenvalue weighted by molar-refractivity contribution is 7.14. The van der Waals surface area contributed by atoms with E-state index in [0.717, 1.165) is 27.9 Å². The van der Waals surface area contributed by atoms with Crippen LogP contribution in [-0.4, -0.2) is 48.8 Å². The number of anilines is 1. The van der Waals surface area contributed by atoms with Crippen molar-refractivity contribution in [3.63, 3.8) is 0 Å². The van der Waals surface area contributed by atoms with Crippen molar-refractivity contribution in [2.24, 2.45) is 5.92 Å². The van der Waals surface area contributed by atoms with Gasteiger partial charge in [0.2, 0.25) is 5.91 Å². The summed E-state index contributed by atoms with van der Waals surface area (Å²) in [5.41, 5.74) is 4.41. The molecule has 1 amide bonds. The third-order valence-corrected chi connectivity index (χ3v) is 7.07. The predicted octanol–water partition coefficient (Wildman–Crippen LogP) is 4.75. The molecule has 0 spiro atoms. The van der Waals surface area contributed by atoms with Gasteiger partial charge in [0, 0.05) is 29.8 Å². The number of hydrogen-bond acceptors (Lipinski definition) is 7. The van der Waals surface area contributed by atoms with Gasteiger partial charge in [-0.25, -0.2) is 9.97 Å². The van der Waals surface area contributed by atoms with E-state index in [4.69, 9.17) is 4.98 Å². The van der Waals surface area contributed by atoms with Gasteiger partial charge >= 0.3 is 5.97 Å². The lowest BCUT2D eigenvalue weighted by Gasteiger charge is -2.21. The number of pyridine rings is 1. The van der Waals surface area contributed by atoms with E-state index in [0.29, 0.717) is 17.4 Å². The molecule has 0 aliphatic carbocycles. The van der Waals surface area contributed by atoms with Gasteiger partial charge in [0.1, 0.15) is 18.5 Å². The maximum atomic E-state index is 13.4. The van der Waals surface area contributed by atoms with Crippen LogP contribution in [0.3, 0.4) is 0 Å². The van der Waals surface area contributed by atoms with Gasteiger partial charge in [-0.15, -0.1) is 21.5 Å². The summed E-state index contributed by atoms with van der Waals surface area (Å²) in [4.78, 5) is 35.6. The highest BCUT2D eigenvalue weighted by atomic mass is 32.1. The number of carbonyl (C=O) groups excluding carboxylic acids is 1. The molecule has 0 radical (unpaired) electrons. The third-order valence-electron chi connectivity index (χ3n) is 6.15. The van der Waals surface area contributed by atoms with Gasteiger partial charge in [0.15, 0.2) is 5.13 Å². The van der Waals surface area contributed by atoms with E-state index in [2.05, 4.69) is 15.2 Å². The summed E-state index contributed by atoms with van der Waals surface area (Å²) >= 11 is 1.34. The monoisotopic (exact) mass is 524 g/mol. The number of amides is 1. The number of hydrogen-bond donors (Lipinski definition) is 1. The number of carboxylic acids is 1. The van der Waals surface area contributed by atoms with Crippen LogP contribution in [0.15, 0.2) is 91.0 Å². The number of aliphatic carboxylic acids is 1. The number of benzene rings is 2. The summed E-state index contributed by atoms with van der Waals surface area (Å²) in [6, 6.07) is 21.2. The molecule has 5 aromatic rings. The molecule has 10 heteroatoms. The van der Waals surface area contributed by atoms with Crippen molar-refractivity contribution < 1.29 is 14.7 Å². The Hall–Kier alpha value is -4.70. The summed E-state index contributed by atoms with van der Waals surface area (Å²) in [5, 5.41) is 19.5. The summed E-state index contributed by atoms with van der Waals surface area (Å²) in [7, 11) is 1.64. The van der Waals surface area contributed by atoms with E-state index < -0.39 is 11.9 Å². The molecule has 0 bridgehead atoms. The number of thiazole rings is 1. The SMILES string of the molecule is CN(C(=O)C(CC(=O)O)Cc1ccccc1)c1nc(-c2ccccc2-c2ccc(-n3cnnc3)nc2)cs1. The predicted molar refractivity (Wildman–Crippen MR) is 145 cm³/mol. The Kier molecular flexibility index (Phi) is 7.32. The van der Waals surface area contributed by atoms with Gasteiger partial charge in [-0.3, -0.25) is 19.1 Å². The summed E-state index contributed by atoms with van der Waals surface area (Å²) in [6.07, 6.45) is 5.06. The van der Waals surface area contributed by atoms with Gasteiger partial charge in [0.25, 0.3) is 0 Å². The third kappa shape index (κ3) is 5.50. The molecule has 190 valence electrons. The Labute approximate surface area is 223 Å². The molecule has 3 heterocycles. The lowest BCUT2D eigenvalue weighted by atomic mass is 9.95. The van der Waals surface area contributed by atoms with Crippen LogP contribution < -0.4 is 4.90 Å². The van der Waals surface area contributed by atoms with Crippen LogP contribution in [0, 0.1) is 5.92 Å². The molecule has 1 N–H and O–H groups in total. The lowest BCUT2D eigenvalue weighted by molar-refractivity contribution is -0.140. The maximum absolute atomic E-state index is 13.4. The van der Waals surface area contributed by atoms with Crippen LogP contribution in [0.25, 0.3) is 28.2 Å². The molecular weight excluding hydrogens is 500 g/mol. The Bertz CT molecular complexity index is 1530. The average Bonchev–Trinajstić information content (AvgIpc) is 3.66. The molecule has 0 fully saturated rings. The van der Waals surface area contributed by atoms with Crippen LogP contribution in [-0.2, 0) is 16.0 Å². The molecule has 1 unspecified atom stereocenters. The molecule has 0 aliphatic heterocycles. The van der Waals surface area contributed by atoms with Gasteiger partial charge in [0.05, 0.1) is 18.0 Å². The van der Waals surface area contributed by atoms with Gasteiger partial charge in [-0.2, -0.15) is 0 Å². The number of rotatable bonds is 9. The Morgan fingerprint density at radius 3 is 2.37 bits per heavy atom. The van der Waals surface area contributed by atoms with Crippen LogP contribution in [0.1, 0.15) is 12.0 Å². The quantitative estimate of drug-likeness (QED) is 0.296. The summed E-state index contributed by atoms with van der Waals surface area (Å²) < 4.78 is 1.73. The largest absolute Gasteiger partial charge is 0.481 e. The lowest BCUT2D eigenvalue weighted by Crippen LogP contribution is -2.35. The second-order valence-corrected chi connectivity index (χ2v) is 9.55. The van der Waals surface area contributed by atoms with Crippen molar-refractivity contribution in [1.29, 1.82) is 0 Å². The average molecular weight is 525 g/mol. The van der Waals surface area contributed by atoms with Gasteiger partial charge in [-0.1, -0.05) is 54.6 Å². The summed E-state index contributed by atoms with van der Waals surface area (Å²) in [5.74, 6) is -1.28. The normalized spacial score (nSPS) is 11.7. The van der Waals surface area contributed by atoms with Crippen LogP contribution in [0.4, 0.5) is 5.13 Å². The van der Waals surface area contributed by atoms with Gasteiger partial charge in [-0.05, 0) is 29.7 Å². The molecule has 1 atom stereocenters. The van der Waals surface area contributed by atoms with E-state index in [1.54, 1.807) is 30.5 Å². The van der Waals surface area contributed by atoms with Crippen LogP contribution in [0.5, 0.6) is 0 Å². The van der Waals surface area contributed by atoms with E-state index in [-0.39, 0.29) is 12.3 Å². The molecule has 0 saturated carbocycles. The van der Waals surface area contributed by atoms with E-state index >= 15 is 0 Å². The minimum Gasteiger partial charge on any atom is -0.481 e. The molecule has 0 saturated heterocycles. The molecule has 3 aromatic heterocycles. The Morgan fingerprint density at radius 1 is 0.974 bits per heavy atom. The molecule has 5 rings (SSSR count). The number of carboxylic acid groups (broad SMARTS) is 1. The van der Waals surface area contributed by atoms with E-state index in [1.165, 1.54) is 16.2 Å². The topological polar surface area (TPSA) is 114 Å². The fourth-order valence-electron chi connectivity index (χ4n) is 4.24. The Balaban J connectivity index is 1.39. The zero-order valence-electron chi connectivity index (χ0n) is 20.5. The molecule has 0 aliphatic rings. The molecule has 9 nitrogen and oxygen atoms in total. The fraction of sp³-hybridized carbons (Fsp3) is 0.143. The van der Waals surface area contributed by atoms with Crippen molar-refractivity contribution in [3.05, 3.63) is 96.5 Å². The molecule has 38 heavy (non-hydrogen) atoms. The first kappa shape index (κ1) is 25.0. The molecular formula is C28H24N6O3S. The zero-order chi connectivity index (χ0) is 26.5. The summed E-state index contributed by atoms with van der Waals surface area (Å²) in [6.45, 7) is 0. The van der Waals surface area contributed by atoms with Crippen molar-refractivity contribution >= 4 is 28.3 Å². The second kappa shape index (κ2) is 11.1. The van der Waals surface area contributed by atoms with Crippen LogP contribution in [0.2, 0.25) is 0 Å². The minimum atomic E-state index is -1.01. The number of carbonyl (C=O) groups is 2. The fourth-order valence-corrected chi connectivity index (χ4v) is 5.04. The van der Waals surface area contributed by atoms with Crippen molar-refractivity contribution in [3.8, 4) is 28.2 Å². The minimum absolute atomic E-state index is 0.253. The first-order chi connectivity index (χ1) is 18.5. The number of nitrogens with zero attached hydrogens (tertiary/aromatic N) is 6. The van der Waals surface area contributed by atoms with E-state index in [1.807, 2.05) is 72.1 Å². The van der Waals surface area contributed by atoms with Crippen LogP contribution >= 0.6 is 11.3 Å². The number of aromatic nitrogens is 5. The van der Waals surface area contributed by atoms with Gasteiger partial charge < -0.3 is 5.11 Å².